The Kier molecular flexibility index (Phi) is 11.9. The number of halogens is 2. The molecule has 27 heavy (non-hydrogen) atoms. The monoisotopic (exact) mass is 491 g/mol. The summed E-state index contributed by atoms with van der Waals surface area (Å²) in [4.78, 5) is 11.8. The van der Waals surface area contributed by atoms with Crippen LogP contribution in [0, 0.1) is 5.82 Å². The second kappa shape index (κ2) is 13.3. The minimum atomic E-state index is -0.194. The number of nitrogens with zero attached hydrogens (tertiary/aromatic N) is 4. The Morgan fingerprint density at radius 1 is 1.26 bits per heavy atom. The molecule has 0 aliphatic carbocycles. The minimum absolute atomic E-state index is 0. The van der Waals surface area contributed by atoms with Crippen LogP contribution in [0.2, 0.25) is 0 Å². The highest BCUT2D eigenvalue weighted by atomic mass is 127. The Morgan fingerprint density at radius 2 is 2.07 bits per heavy atom. The maximum atomic E-state index is 13.4. The van der Waals surface area contributed by atoms with E-state index in [1.807, 2.05) is 13.1 Å². The molecule has 0 bridgehead atoms. The van der Waals surface area contributed by atoms with Crippen molar-refractivity contribution in [3.63, 3.8) is 0 Å². The summed E-state index contributed by atoms with van der Waals surface area (Å²) in [6.45, 7) is 10.1. The van der Waals surface area contributed by atoms with Crippen LogP contribution >= 0.6 is 24.0 Å². The summed E-state index contributed by atoms with van der Waals surface area (Å²) in [6.07, 6.45) is 2.31. The largest absolute Gasteiger partial charge is 0.357 e. The molecule has 7 heteroatoms. The van der Waals surface area contributed by atoms with Gasteiger partial charge in [0.25, 0.3) is 0 Å². The van der Waals surface area contributed by atoms with Crippen LogP contribution in [0.4, 0.5) is 4.39 Å². The van der Waals surface area contributed by atoms with E-state index in [9.17, 15) is 4.39 Å². The standard InChI is InChI=1S/C20H34FN5.HI/c1-4-22-20(25(3)17-18-8-5-9-19(21)16-18)23-10-6-12-26-13-7-11-24(2)14-15-26;/h5,8-9,16H,4,6-7,10-15,17H2,1-3H3,(H,22,23);1H. The first kappa shape index (κ1) is 24.1. The number of hydrogen-bond donors (Lipinski definition) is 1. The van der Waals surface area contributed by atoms with Gasteiger partial charge >= 0.3 is 0 Å². The molecule has 1 heterocycles. The minimum Gasteiger partial charge on any atom is -0.357 e. The maximum Gasteiger partial charge on any atom is 0.193 e. The normalized spacial score (nSPS) is 16.5. The molecule has 0 saturated carbocycles. The topological polar surface area (TPSA) is 34.1 Å². The predicted molar refractivity (Wildman–Crippen MR) is 122 cm³/mol. The van der Waals surface area contributed by atoms with Crippen LogP contribution in [0.5, 0.6) is 0 Å². The van der Waals surface area contributed by atoms with Gasteiger partial charge in [-0.05, 0) is 64.1 Å². The highest BCUT2D eigenvalue weighted by molar-refractivity contribution is 14.0. The first-order valence-electron chi connectivity index (χ1n) is 9.73. The van der Waals surface area contributed by atoms with Crippen molar-refractivity contribution >= 4 is 29.9 Å². The molecule has 0 unspecified atom stereocenters. The number of nitrogens with one attached hydrogen (secondary N) is 1. The molecule has 1 aromatic rings. The Bertz CT molecular complexity index is 569. The second-order valence-corrected chi connectivity index (χ2v) is 7.07. The van der Waals surface area contributed by atoms with E-state index >= 15 is 0 Å². The zero-order chi connectivity index (χ0) is 18.8. The third kappa shape index (κ3) is 9.21. The molecular weight excluding hydrogens is 456 g/mol. The molecule has 1 aromatic carbocycles. The van der Waals surface area contributed by atoms with Gasteiger partial charge in [0.05, 0.1) is 0 Å². The van der Waals surface area contributed by atoms with Gasteiger partial charge in [0.15, 0.2) is 5.96 Å². The molecule has 1 N–H and O–H groups in total. The summed E-state index contributed by atoms with van der Waals surface area (Å²) in [6, 6.07) is 6.75. The average Bonchev–Trinajstić information content (AvgIpc) is 2.82. The Hall–Kier alpha value is -0.930. The van der Waals surface area contributed by atoms with Crippen LogP contribution in [0.3, 0.4) is 0 Å². The zero-order valence-corrected chi connectivity index (χ0v) is 19.3. The van der Waals surface area contributed by atoms with Gasteiger partial charge in [-0.1, -0.05) is 12.1 Å². The predicted octanol–water partition coefficient (Wildman–Crippen LogP) is 2.87. The third-order valence-electron chi connectivity index (χ3n) is 4.71. The highest BCUT2D eigenvalue weighted by Crippen LogP contribution is 2.07. The first-order valence-corrected chi connectivity index (χ1v) is 9.73. The molecule has 0 atom stereocenters. The molecule has 1 saturated heterocycles. The van der Waals surface area contributed by atoms with Crippen LogP contribution in [0.15, 0.2) is 29.3 Å². The van der Waals surface area contributed by atoms with Gasteiger partial charge in [-0.2, -0.15) is 0 Å². The van der Waals surface area contributed by atoms with Gasteiger partial charge in [-0.15, -0.1) is 24.0 Å². The fourth-order valence-corrected chi connectivity index (χ4v) is 3.26. The lowest BCUT2D eigenvalue weighted by Gasteiger charge is -2.23. The fourth-order valence-electron chi connectivity index (χ4n) is 3.26. The molecule has 0 amide bonds. The smallest absolute Gasteiger partial charge is 0.193 e. The van der Waals surface area contributed by atoms with E-state index in [-0.39, 0.29) is 29.8 Å². The Labute approximate surface area is 181 Å². The summed E-state index contributed by atoms with van der Waals surface area (Å²) in [7, 11) is 4.20. The van der Waals surface area contributed by atoms with Gasteiger partial charge in [0.1, 0.15) is 5.82 Å². The molecule has 0 aromatic heterocycles. The van der Waals surface area contributed by atoms with E-state index in [0.29, 0.717) is 6.54 Å². The fraction of sp³-hybridized carbons (Fsp3) is 0.650. The maximum absolute atomic E-state index is 13.4. The van der Waals surface area contributed by atoms with Crippen molar-refractivity contribution in [2.45, 2.75) is 26.3 Å². The van der Waals surface area contributed by atoms with Crippen molar-refractivity contribution < 1.29 is 4.39 Å². The number of guanidine groups is 1. The molecule has 154 valence electrons. The van der Waals surface area contributed by atoms with Gasteiger partial charge in [0, 0.05) is 39.8 Å². The van der Waals surface area contributed by atoms with Gasteiger partial charge in [-0.3, -0.25) is 4.99 Å². The van der Waals surface area contributed by atoms with Crippen molar-refractivity contribution in [1.29, 1.82) is 0 Å². The lowest BCUT2D eigenvalue weighted by Crippen LogP contribution is -2.38. The summed E-state index contributed by atoms with van der Waals surface area (Å²) in [5.74, 6) is 0.688. The molecule has 0 spiro atoms. The quantitative estimate of drug-likeness (QED) is 0.276. The third-order valence-corrected chi connectivity index (χ3v) is 4.71. The van der Waals surface area contributed by atoms with E-state index in [1.165, 1.54) is 25.6 Å². The number of aliphatic imine (C=N–C) groups is 1. The van der Waals surface area contributed by atoms with Crippen LogP contribution in [0.25, 0.3) is 0 Å². The lowest BCUT2D eigenvalue weighted by atomic mass is 10.2. The summed E-state index contributed by atoms with van der Waals surface area (Å²) in [5, 5.41) is 3.33. The second-order valence-electron chi connectivity index (χ2n) is 7.07. The van der Waals surface area contributed by atoms with Gasteiger partial charge in [0.2, 0.25) is 0 Å². The molecule has 1 aliphatic rings. The van der Waals surface area contributed by atoms with E-state index in [0.717, 1.165) is 50.7 Å². The Morgan fingerprint density at radius 3 is 2.81 bits per heavy atom. The van der Waals surface area contributed by atoms with Gasteiger partial charge < -0.3 is 20.0 Å². The average molecular weight is 491 g/mol. The van der Waals surface area contributed by atoms with Gasteiger partial charge in [-0.25, -0.2) is 4.39 Å². The van der Waals surface area contributed by atoms with Crippen molar-refractivity contribution in [3.05, 3.63) is 35.6 Å². The number of hydrogen-bond acceptors (Lipinski definition) is 3. The summed E-state index contributed by atoms with van der Waals surface area (Å²) >= 11 is 0. The van der Waals surface area contributed by atoms with E-state index < -0.39 is 0 Å². The van der Waals surface area contributed by atoms with Crippen LogP contribution in [-0.4, -0.2) is 80.6 Å². The number of benzene rings is 1. The van der Waals surface area contributed by atoms with E-state index in [1.54, 1.807) is 12.1 Å². The van der Waals surface area contributed by atoms with Crippen molar-refractivity contribution in [3.8, 4) is 0 Å². The molecular formula is C20H35FIN5. The molecule has 2 rings (SSSR count). The molecule has 1 fully saturated rings. The van der Waals surface area contributed by atoms with Crippen LogP contribution in [0.1, 0.15) is 25.3 Å². The van der Waals surface area contributed by atoms with E-state index in [2.05, 4.69) is 34.0 Å². The zero-order valence-electron chi connectivity index (χ0n) is 17.0. The molecule has 0 radical (unpaired) electrons. The highest BCUT2D eigenvalue weighted by Gasteiger charge is 2.11. The molecule has 1 aliphatic heterocycles. The number of rotatable bonds is 7. The van der Waals surface area contributed by atoms with Crippen LogP contribution in [-0.2, 0) is 6.54 Å². The van der Waals surface area contributed by atoms with Crippen molar-refractivity contribution in [2.24, 2.45) is 4.99 Å². The number of likely N-dealkylation sites (N-methyl/N-ethyl adjacent to an activating group) is 1. The molecule has 5 nitrogen and oxygen atoms in total. The first-order chi connectivity index (χ1) is 12.6. The van der Waals surface area contributed by atoms with Crippen LogP contribution < -0.4 is 5.32 Å². The lowest BCUT2D eigenvalue weighted by molar-refractivity contribution is 0.275. The van der Waals surface area contributed by atoms with Crippen molar-refractivity contribution in [1.82, 2.24) is 20.0 Å². The van der Waals surface area contributed by atoms with Crippen molar-refractivity contribution in [2.75, 3.05) is 59.9 Å². The summed E-state index contributed by atoms with van der Waals surface area (Å²) < 4.78 is 13.4. The summed E-state index contributed by atoms with van der Waals surface area (Å²) in [5.41, 5.74) is 0.951. The SMILES string of the molecule is CCNC(=NCCCN1CCCN(C)CC1)N(C)Cc1cccc(F)c1.I. The van der Waals surface area contributed by atoms with E-state index in [4.69, 9.17) is 4.99 Å². The Balaban J connectivity index is 0.00000364.